The molecule has 0 unspecified atom stereocenters. The van der Waals surface area contributed by atoms with Crippen LogP contribution < -0.4 is 4.74 Å². The van der Waals surface area contributed by atoms with Crippen molar-refractivity contribution < 1.29 is 13.9 Å². The summed E-state index contributed by atoms with van der Waals surface area (Å²) in [5, 5.41) is 12.8. The lowest BCUT2D eigenvalue weighted by molar-refractivity contribution is 0.0559. The third-order valence-corrected chi connectivity index (χ3v) is 6.18. The second-order valence-electron chi connectivity index (χ2n) is 8.39. The molecule has 2 aromatic carbocycles. The predicted octanol–water partition coefficient (Wildman–Crippen LogP) is 3.26. The molecule has 1 saturated heterocycles. The maximum Gasteiger partial charge on any atom is 0.289 e. The van der Waals surface area contributed by atoms with Crippen molar-refractivity contribution in [2.24, 2.45) is 0 Å². The number of furan rings is 1. The molecule has 0 bridgehead atoms. The first-order valence-corrected chi connectivity index (χ1v) is 11.8. The largest absolute Gasteiger partial charge is 0.494 e. The van der Waals surface area contributed by atoms with Crippen LogP contribution in [0.3, 0.4) is 0 Å². The van der Waals surface area contributed by atoms with Crippen LogP contribution in [0.5, 0.6) is 5.75 Å². The Morgan fingerprint density at radius 2 is 1.77 bits per heavy atom. The molecule has 180 valence electrons. The Balaban J connectivity index is 1.41. The summed E-state index contributed by atoms with van der Waals surface area (Å²) in [5.41, 5.74) is 2.20. The van der Waals surface area contributed by atoms with E-state index in [0.29, 0.717) is 45.1 Å². The molecule has 0 N–H and O–H groups in total. The average molecular weight is 473 g/mol. The van der Waals surface area contributed by atoms with Gasteiger partial charge in [-0.05, 0) is 52.7 Å². The van der Waals surface area contributed by atoms with Crippen LogP contribution in [0.4, 0.5) is 0 Å². The van der Waals surface area contributed by atoms with Gasteiger partial charge < -0.3 is 14.1 Å². The summed E-state index contributed by atoms with van der Waals surface area (Å²) in [6, 6.07) is 21.5. The molecule has 0 radical (unpaired) electrons. The molecule has 9 nitrogen and oxygen atoms in total. The lowest BCUT2D eigenvalue weighted by Gasteiger charge is -2.38. The number of carbonyl (C=O) groups excluding carboxylic acids is 1. The summed E-state index contributed by atoms with van der Waals surface area (Å²) in [4.78, 5) is 16.9. The van der Waals surface area contributed by atoms with E-state index in [4.69, 9.17) is 9.15 Å². The van der Waals surface area contributed by atoms with Gasteiger partial charge >= 0.3 is 0 Å². The summed E-state index contributed by atoms with van der Waals surface area (Å²) in [6.07, 6.45) is 1.53. The molecule has 9 heteroatoms. The molecule has 2 aromatic heterocycles. The normalized spacial score (nSPS) is 15.2. The quantitative estimate of drug-likeness (QED) is 0.389. The third-order valence-electron chi connectivity index (χ3n) is 6.18. The number of benzene rings is 2. The first-order chi connectivity index (χ1) is 17.2. The zero-order chi connectivity index (χ0) is 24.0. The summed E-state index contributed by atoms with van der Waals surface area (Å²) in [6.45, 7) is 5.71. The Labute approximate surface area is 203 Å². The number of tetrazole rings is 1. The number of ether oxygens (including phenoxy) is 1. The van der Waals surface area contributed by atoms with Crippen molar-refractivity contribution in [3.63, 3.8) is 0 Å². The first-order valence-electron chi connectivity index (χ1n) is 11.8. The minimum atomic E-state index is -0.162. The molecule has 1 fully saturated rings. The van der Waals surface area contributed by atoms with Gasteiger partial charge in [-0.25, -0.2) is 4.68 Å². The van der Waals surface area contributed by atoms with Gasteiger partial charge in [-0.3, -0.25) is 9.69 Å². The van der Waals surface area contributed by atoms with Crippen LogP contribution in [0.1, 0.15) is 40.5 Å². The highest BCUT2D eigenvalue weighted by Gasteiger charge is 2.32. The van der Waals surface area contributed by atoms with Crippen molar-refractivity contribution in [1.29, 1.82) is 0 Å². The van der Waals surface area contributed by atoms with E-state index in [1.165, 1.54) is 6.26 Å². The highest BCUT2D eigenvalue weighted by Crippen LogP contribution is 2.30. The Bertz CT molecular complexity index is 1220. The molecule has 4 aromatic rings. The Morgan fingerprint density at radius 3 is 2.46 bits per heavy atom. The van der Waals surface area contributed by atoms with Gasteiger partial charge in [0.1, 0.15) is 5.75 Å². The fourth-order valence-electron chi connectivity index (χ4n) is 4.45. The van der Waals surface area contributed by atoms with E-state index in [-0.39, 0.29) is 11.9 Å². The highest BCUT2D eigenvalue weighted by molar-refractivity contribution is 5.91. The lowest BCUT2D eigenvalue weighted by atomic mass is 10.0. The number of carbonyl (C=O) groups is 1. The van der Waals surface area contributed by atoms with Gasteiger partial charge in [0.25, 0.3) is 5.91 Å². The van der Waals surface area contributed by atoms with Crippen molar-refractivity contribution in [2.45, 2.75) is 19.5 Å². The molecule has 35 heavy (non-hydrogen) atoms. The van der Waals surface area contributed by atoms with Crippen LogP contribution in [-0.2, 0) is 6.54 Å². The van der Waals surface area contributed by atoms with Crippen molar-refractivity contribution in [3.05, 3.63) is 95.7 Å². The molecule has 1 aliphatic heterocycles. The smallest absolute Gasteiger partial charge is 0.289 e. The standard InChI is InChI=1S/C26H28N6O3/c1-2-34-22-12-10-21(11-13-22)24(25-27-28-29-32(25)19-20-7-4-3-5-8-20)30-14-16-31(17-15-30)26(33)23-9-6-18-35-23/h3-13,18,24H,2,14-17,19H2,1H3/t24-/m1/s1. The molecule has 0 aliphatic carbocycles. The SMILES string of the molecule is CCOc1ccc([C@H](c2nnnn2Cc2ccccc2)N2CCN(C(=O)c3ccco3)CC2)cc1. The molecule has 0 spiro atoms. The molecular formula is C26H28N6O3. The lowest BCUT2D eigenvalue weighted by Crippen LogP contribution is -2.50. The Morgan fingerprint density at radius 1 is 1.00 bits per heavy atom. The van der Waals surface area contributed by atoms with Crippen LogP contribution in [0.15, 0.2) is 77.4 Å². The van der Waals surface area contributed by atoms with Gasteiger partial charge in [0, 0.05) is 26.2 Å². The molecule has 1 atom stereocenters. The summed E-state index contributed by atoms with van der Waals surface area (Å²) in [5.74, 6) is 1.88. The van der Waals surface area contributed by atoms with Gasteiger partial charge in [0.05, 0.1) is 25.5 Å². The van der Waals surface area contributed by atoms with Crippen LogP contribution in [-0.4, -0.2) is 68.7 Å². The Hall–Kier alpha value is -3.98. The zero-order valence-electron chi connectivity index (χ0n) is 19.7. The minimum Gasteiger partial charge on any atom is -0.494 e. The zero-order valence-corrected chi connectivity index (χ0v) is 19.7. The topological polar surface area (TPSA) is 89.5 Å². The number of piperazine rings is 1. The van der Waals surface area contributed by atoms with Crippen LogP contribution in [0.25, 0.3) is 0 Å². The molecule has 0 saturated carbocycles. The first kappa shape index (κ1) is 22.8. The maximum absolute atomic E-state index is 12.8. The number of rotatable bonds is 8. The maximum atomic E-state index is 12.8. The minimum absolute atomic E-state index is 0.0822. The van der Waals surface area contributed by atoms with Crippen molar-refractivity contribution in [3.8, 4) is 5.75 Å². The van der Waals surface area contributed by atoms with E-state index < -0.39 is 0 Å². The van der Waals surface area contributed by atoms with E-state index in [2.05, 4.69) is 44.7 Å². The van der Waals surface area contributed by atoms with Gasteiger partial charge in [-0.1, -0.05) is 42.5 Å². The fraction of sp³-hybridized carbons (Fsp3) is 0.308. The number of hydrogen-bond acceptors (Lipinski definition) is 7. The Kier molecular flexibility index (Phi) is 6.85. The van der Waals surface area contributed by atoms with Crippen molar-refractivity contribution in [2.75, 3.05) is 32.8 Å². The number of hydrogen-bond donors (Lipinski definition) is 0. The average Bonchev–Trinajstić information content (AvgIpc) is 3.59. The second kappa shape index (κ2) is 10.5. The monoisotopic (exact) mass is 472 g/mol. The van der Waals surface area contributed by atoms with Crippen molar-refractivity contribution in [1.82, 2.24) is 30.0 Å². The van der Waals surface area contributed by atoms with Gasteiger partial charge in [-0.2, -0.15) is 0 Å². The molecular weight excluding hydrogens is 444 g/mol. The molecule has 1 aliphatic rings. The second-order valence-corrected chi connectivity index (χ2v) is 8.39. The highest BCUT2D eigenvalue weighted by atomic mass is 16.5. The predicted molar refractivity (Wildman–Crippen MR) is 129 cm³/mol. The number of aromatic nitrogens is 4. The van der Waals surface area contributed by atoms with Crippen molar-refractivity contribution >= 4 is 5.91 Å². The van der Waals surface area contributed by atoms with E-state index in [9.17, 15) is 4.79 Å². The van der Waals surface area contributed by atoms with Gasteiger partial charge in [0.2, 0.25) is 0 Å². The molecule has 1 amide bonds. The van der Waals surface area contributed by atoms with Crippen LogP contribution in [0.2, 0.25) is 0 Å². The summed E-state index contributed by atoms with van der Waals surface area (Å²) >= 11 is 0. The van der Waals surface area contributed by atoms with Gasteiger partial charge in [0.15, 0.2) is 11.6 Å². The van der Waals surface area contributed by atoms with Gasteiger partial charge in [-0.15, -0.1) is 5.10 Å². The van der Waals surface area contributed by atoms with E-state index in [1.807, 2.05) is 46.8 Å². The van der Waals surface area contributed by atoms with Crippen LogP contribution in [0, 0.1) is 0 Å². The third kappa shape index (κ3) is 5.09. The van der Waals surface area contributed by atoms with E-state index >= 15 is 0 Å². The van der Waals surface area contributed by atoms with E-state index in [0.717, 1.165) is 22.7 Å². The fourth-order valence-corrected chi connectivity index (χ4v) is 4.45. The molecule has 5 rings (SSSR count). The summed E-state index contributed by atoms with van der Waals surface area (Å²) < 4.78 is 12.8. The summed E-state index contributed by atoms with van der Waals surface area (Å²) in [7, 11) is 0. The number of nitrogens with zero attached hydrogens (tertiary/aromatic N) is 6. The number of amides is 1. The molecule has 3 heterocycles. The van der Waals surface area contributed by atoms with E-state index in [1.54, 1.807) is 12.1 Å². The van der Waals surface area contributed by atoms with Crippen LogP contribution >= 0.6 is 0 Å².